The highest BCUT2D eigenvalue weighted by molar-refractivity contribution is 5.81. The van der Waals surface area contributed by atoms with E-state index in [0.29, 0.717) is 43.8 Å². The van der Waals surface area contributed by atoms with E-state index < -0.39 is 0 Å². The molecule has 1 aliphatic heterocycles. The molecule has 246 valence electrons. The number of hydrogen-bond acceptors (Lipinski definition) is 1. The Bertz CT molecular complexity index is 613. The standard InChI is InChI=1S/C11H24.C9H17NO.2C8H18.C2H6/c1-9(2,3)11(7,8)10(4,5)6;1-9(2,3)7-5-6-10(4)8(7)11;2*1-7(2,3)8(4,5)6;1-2/h1-8H3;7H,5-6H2,1-4H3;2*1-6H3;1-2H3. The molecule has 0 aromatic carbocycles. The first-order valence-electron chi connectivity index (χ1n) is 16.2. The van der Waals surface area contributed by atoms with Gasteiger partial charge in [-0.2, -0.15) is 0 Å². The molecule has 2 nitrogen and oxygen atoms in total. The Balaban J connectivity index is -0.000000214. The van der Waals surface area contributed by atoms with E-state index in [1.807, 2.05) is 25.8 Å². The minimum atomic E-state index is 0.141. The van der Waals surface area contributed by atoms with Crippen molar-refractivity contribution in [3.05, 3.63) is 0 Å². The molecule has 1 saturated heterocycles. The zero-order valence-electron chi connectivity index (χ0n) is 33.3. The summed E-state index contributed by atoms with van der Waals surface area (Å²) in [5.41, 5.74) is 3.03. The summed E-state index contributed by atoms with van der Waals surface area (Å²) < 4.78 is 0. The van der Waals surface area contributed by atoms with Gasteiger partial charge in [0, 0.05) is 19.5 Å². The molecule has 0 aromatic rings. The lowest BCUT2D eigenvalue weighted by Gasteiger charge is -2.49. The van der Waals surface area contributed by atoms with Crippen molar-refractivity contribution in [3.8, 4) is 0 Å². The first kappa shape index (κ1) is 46.4. The summed E-state index contributed by atoms with van der Waals surface area (Å²) in [5, 5.41) is 0. The summed E-state index contributed by atoms with van der Waals surface area (Å²) in [7, 11) is 1.88. The van der Waals surface area contributed by atoms with Crippen molar-refractivity contribution >= 4 is 5.91 Å². The van der Waals surface area contributed by atoms with Crippen LogP contribution in [0.5, 0.6) is 0 Å². The third kappa shape index (κ3) is 16.8. The van der Waals surface area contributed by atoms with Gasteiger partial charge in [-0.05, 0) is 49.7 Å². The van der Waals surface area contributed by atoms with Crippen LogP contribution in [0.25, 0.3) is 0 Å². The average Bonchev–Trinajstić information content (AvgIpc) is 2.99. The highest BCUT2D eigenvalue weighted by atomic mass is 16.2. The van der Waals surface area contributed by atoms with E-state index in [1.165, 1.54) is 0 Å². The molecule has 0 aromatic heterocycles. The van der Waals surface area contributed by atoms with E-state index in [9.17, 15) is 4.79 Å². The van der Waals surface area contributed by atoms with Gasteiger partial charge in [0.25, 0.3) is 0 Å². The number of amides is 1. The van der Waals surface area contributed by atoms with Gasteiger partial charge in [0.1, 0.15) is 0 Å². The lowest BCUT2D eigenvalue weighted by Crippen LogP contribution is -2.41. The van der Waals surface area contributed by atoms with E-state index in [0.717, 1.165) is 13.0 Å². The van der Waals surface area contributed by atoms with Crippen molar-refractivity contribution < 1.29 is 4.79 Å². The van der Waals surface area contributed by atoms with Crippen LogP contribution in [-0.4, -0.2) is 24.4 Å². The topological polar surface area (TPSA) is 20.3 Å². The third-order valence-electron chi connectivity index (χ3n) is 10.7. The Morgan fingerprint density at radius 3 is 0.750 bits per heavy atom. The van der Waals surface area contributed by atoms with Crippen molar-refractivity contribution in [3.63, 3.8) is 0 Å². The molecular weight excluding hydrogens is 486 g/mol. The fourth-order valence-corrected chi connectivity index (χ4v) is 2.75. The van der Waals surface area contributed by atoms with Crippen LogP contribution < -0.4 is 0 Å². The Labute approximate surface area is 257 Å². The van der Waals surface area contributed by atoms with Gasteiger partial charge in [-0.3, -0.25) is 4.79 Å². The second-order valence-corrected chi connectivity index (χ2v) is 19.6. The van der Waals surface area contributed by atoms with Gasteiger partial charge in [0.05, 0.1) is 0 Å². The lowest BCUT2D eigenvalue weighted by atomic mass is 9.56. The predicted molar refractivity (Wildman–Crippen MR) is 187 cm³/mol. The molecule has 40 heavy (non-hydrogen) atoms. The van der Waals surface area contributed by atoms with E-state index in [4.69, 9.17) is 0 Å². The average molecular weight is 570 g/mol. The quantitative estimate of drug-likeness (QED) is 0.284. The molecule has 0 radical (unpaired) electrons. The van der Waals surface area contributed by atoms with Gasteiger partial charge >= 0.3 is 0 Å². The van der Waals surface area contributed by atoms with Crippen molar-refractivity contribution in [2.24, 2.45) is 49.2 Å². The molecule has 0 spiro atoms. The lowest BCUT2D eigenvalue weighted by molar-refractivity contribution is -0.132. The summed E-state index contributed by atoms with van der Waals surface area (Å²) in [6, 6.07) is 0. The molecule has 1 amide bonds. The van der Waals surface area contributed by atoms with Crippen LogP contribution in [0.4, 0.5) is 0 Å². The molecule has 2 heteroatoms. The molecule has 0 saturated carbocycles. The minimum Gasteiger partial charge on any atom is -0.345 e. The molecular formula is C38H83NO. The SMILES string of the molecule is CC.CC(C)(C)C(C)(C)C.CC(C)(C)C(C)(C)C.CC(C)(C)C(C)(C)C(C)(C)C.CN1CCC(C(C)(C)C)C1=O. The van der Waals surface area contributed by atoms with E-state index in [2.05, 4.69) is 159 Å². The van der Waals surface area contributed by atoms with Crippen LogP contribution in [0.3, 0.4) is 0 Å². The van der Waals surface area contributed by atoms with E-state index in [1.54, 1.807) is 0 Å². The Hall–Kier alpha value is -0.530. The molecule has 1 unspecified atom stereocenters. The summed E-state index contributed by atoms with van der Waals surface area (Å²) in [4.78, 5) is 13.3. The highest BCUT2D eigenvalue weighted by Crippen LogP contribution is 2.50. The van der Waals surface area contributed by atoms with Crippen LogP contribution in [0.1, 0.15) is 180 Å². The smallest absolute Gasteiger partial charge is 0.226 e. The van der Waals surface area contributed by atoms with Crippen LogP contribution >= 0.6 is 0 Å². The second kappa shape index (κ2) is 15.8. The number of carbonyl (C=O) groups is 1. The van der Waals surface area contributed by atoms with Crippen LogP contribution in [-0.2, 0) is 4.79 Å². The largest absolute Gasteiger partial charge is 0.345 e. The first-order chi connectivity index (χ1) is 16.9. The highest BCUT2D eigenvalue weighted by Gasteiger charge is 2.42. The molecule has 1 aliphatic rings. The predicted octanol–water partition coefficient (Wildman–Crippen LogP) is 12.8. The maximum absolute atomic E-state index is 11.5. The van der Waals surface area contributed by atoms with Crippen LogP contribution in [0, 0.1) is 49.2 Å². The normalized spacial score (nSPS) is 17.3. The Morgan fingerprint density at radius 2 is 0.700 bits per heavy atom. The zero-order valence-corrected chi connectivity index (χ0v) is 33.3. The van der Waals surface area contributed by atoms with E-state index in [-0.39, 0.29) is 11.3 Å². The second-order valence-electron chi connectivity index (χ2n) is 19.6. The van der Waals surface area contributed by atoms with Gasteiger partial charge in [-0.25, -0.2) is 0 Å². The molecule has 1 atom stereocenters. The molecule has 1 fully saturated rings. The molecule has 0 N–H and O–H groups in total. The first-order valence-corrected chi connectivity index (χ1v) is 16.2. The summed E-state index contributed by atoms with van der Waals surface area (Å²) in [6.07, 6.45) is 1.03. The van der Waals surface area contributed by atoms with Crippen molar-refractivity contribution in [2.45, 2.75) is 180 Å². The van der Waals surface area contributed by atoms with Crippen molar-refractivity contribution in [2.75, 3.05) is 13.6 Å². The summed E-state index contributed by atoms with van der Waals surface area (Å²) in [5.74, 6) is 0.560. The number of nitrogens with zero attached hydrogens (tertiary/aromatic N) is 1. The molecule has 0 aliphatic carbocycles. The number of carbonyl (C=O) groups excluding carboxylic acids is 1. The van der Waals surface area contributed by atoms with E-state index >= 15 is 0 Å². The zero-order chi connectivity index (χ0) is 34.1. The van der Waals surface area contributed by atoms with Crippen molar-refractivity contribution in [1.82, 2.24) is 4.90 Å². The summed E-state index contributed by atoms with van der Waals surface area (Å²) in [6.45, 7) is 57.2. The number of likely N-dealkylation sites (tertiary alicyclic amines) is 1. The molecule has 0 bridgehead atoms. The fraction of sp³-hybridized carbons (Fsp3) is 0.974. The van der Waals surface area contributed by atoms with Gasteiger partial charge in [0.2, 0.25) is 5.91 Å². The third-order valence-corrected chi connectivity index (χ3v) is 10.7. The molecule has 1 rings (SSSR count). The number of rotatable bonds is 0. The maximum Gasteiger partial charge on any atom is 0.226 e. The van der Waals surface area contributed by atoms with Gasteiger partial charge in [-0.1, -0.05) is 173 Å². The maximum atomic E-state index is 11.5. The van der Waals surface area contributed by atoms with Crippen LogP contribution in [0.15, 0.2) is 0 Å². The van der Waals surface area contributed by atoms with Gasteiger partial charge in [0.15, 0.2) is 0 Å². The van der Waals surface area contributed by atoms with Crippen LogP contribution in [0.2, 0.25) is 0 Å². The minimum absolute atomic E-state index is 0.141. The van der Waals surface area contributed by atoms with Gasteiger partial charge in [-0.15, -0.1) is 0 Å². The number of hydrogen-bond donors (Lipinski definition) is 0. The Morgan fingerprint density at radius 1 is 0.475 bits per heavy atom. The summed E-state index contributed by atoms with van der Waals surface area (Å²) >= 11 is 0. The Kier molecular flexibility index (Phi) is 18.3. The van der Waals surface area contributed by atoms with Crippen molar-refractivity contribution in [1.29, 1.82) is 0 Å². The fourth-order valence-electron chi connectivity index (χ4n) is 2.75. The van der Waals surface area contributed by atoms with Gasteiger partial charge < -0.3 is 4.90 Å². The monoisotopic (exact) mass is 570 g/mol. The molecule has 1 heterocycles.